The van der Waals surface area contributed by atoms with E-state index in [0.717, 1.165) is 11.3 Å². The molecule has 0 radical (unpaired) electrons. The monoisotopic (exact) mass is 378 g/mol. The van der Waals surface area contributed by atoms with Crippen molar-refractivity contribution >= 4 is 5.91 Å². The third-order valence-electron chi connectivity index (χ3n) is 4.21. The van der Waals surface area contributed by atoms with Crippen LogP contribution in [0.5, 0.6) is 0 Å². The van der Waals surface area contributed by atoms with E-state index in [9.17, 15) is 4.79 Å². The van der Waals surface area contributed by atoms with Gasteiger partial charge in [-0.15, -0.1) is 0 Å². The summed E-state index contributed by atoms with van der Waals surface area (Å²) in [5.74, 6) is 1.84. The van der Waals surface area contributed by atoms with E-state index in [0.29, 0.717) is 36.2 Å². The molecule has 142 valence electrons. The van der Waals surface area contributed by atoms with Crippen molar-refractivity contribution < 1.29 is 18.3 Å². The van der Waals surface area contributed by atoms with Crippen LogP contribution in [0.3, 0.4) is 0 Å². The molecule has 0 spiro atoms. The average Bonchev–Trinajstić information content (AvgIpc) is 3.47. The zero-order valence-corrected chi connectivity index (χ0v) is 15.2. The molecule has 8 nitrogen and oxygen atoms in total. The van der Waals surface area contributed by atoms with Gasteiger partial charge in [-0.25, -0.2) is 0 Å². The molecule has 0 atom stereocenters. The Morgan fingerprint density at radius 1 is 1.07 bits per heavy atom. The number of amides is 1. The maximum Gasteiger partial charge on any atom is 0.238 e. The molecule has 0 saturated heterocycles. The minimum Gasteiger partial charge on any atom is -0.461 e. The topological polar surface area (TPSA) is 98.4 Å². The number of carbonyl (C=O) groups excluding carboxylic acids is 1. The van der Waals surface area contributed by atoms with Gasteiger partial charge < -0.3 is 18.4 Å². The van der Waals surface area contributed by atoms with Crippen molar-refractivity contribution in [3.8, 4) is 22.8 Å². The molecule has 0 saturated carbocycles. The number of benzene rings is 1. The summed E-state index contributed by atoms with van der Waals surface area (Å²) in [4.78, 5) is 18.2. The Kier molecular flexibility index (Phi) is 5.01. The van der Waals surface area contributed by atoms with Gasteiger partial charge in [-0.05, 0) is 12.1 Å². The van der Waals surface area contributed by atoms with Crippen LogP contribution < -0.4 is 0 Å². The summed E-state index contributed by atoms with van der Waals surface area (Å²) in [5, 5.41) is 7.92. The Morgan fingerprint density at radius 2 is 1.93 bits per heavy atom. The number of furan rings is 1. The lowest BCUT2D eigenvalue weighted by Crippen LogP contribution is -2.26. The van der Waals surface area contributed by atoms with Gasteiger partial charge in [0, 0.05) is 31.5 Å². The van der Waals surface area contributed by atoms with E-state index in [1.807, 2.05) is 36.4 Å². The zero-order valence-electron chi connectivity index (χ0n) is 15.2. The number of aromatic nitrogens is 3. The molecule has 3 heterocycles. The molecule has 0 unspecified atom stereocenters. The smallest absolute Gasteiger partial charge is 0.238 e. The maximum absolute atomic E-state index is 12.4. The van der Waals surface area contributed by atoms with Gasteiger partial charge in [-0.2, -0.15) is 4.98 Å². The number of hydrogen-bond acceptors (Lipinski definition) is 7. The lowest BCUT2D eigenvalue weighted by Gasteiger charge is -2.14. The van der Waals surface area contributed by atoms with E-state index in [4.69, 9.17) is 13.5 Å². The number of carbonyl (C=O) groups is 1. The Bertz CT molecular complexity index is 1040. The maximum atomic E-state index is 12.4. The molecule has 0 bridgehead atoms. The minimum absolute atomic E-state index is 0.0598. The second-order valence-electron chi connectivity index (χ2n) is 6.28. The molecule has 1 aromatic carbocycles. The molecule has 28 heavy (non-hydrogen) atoms. The van der Waals surface area contributed by atoms with Crippen LogP contribution in [0, 0.1) is 0 Å². The predicted molar refractivity (Wildman–Crippen MR) is 98.7 cm³/mol. The van der Waals surface area contributed by atoms with Gasteiger partial charge in [0.1, 0.15) is 5.69 Å². The zero-order chi connectivity index (χ0) is 19.3. The first-order chi connectivity index (χ1) is 13.7. The highest BCUT2D eigenvalue weighted by atomic mass is 16.5. The average molecular weight is 378 g/mol. The molecular formula is C20H18N4O4. The molecule has 0 aliphatic carbocycles. The quantitative estimate of drug-likeness (QED) is 0.485. The first-order valence-corrected chi connectivity index (χ1v) is 8.80. The van der Waals surface area contributed by atoms with E-state index in [1.165, 1.54) is 6.26 Å². The van der Waals surface area contributed by atoms with Crippen LogP contribution >= 0.6 is 0 Å². The van der Waals surface area contributed by atoms with Crippen molar-refractivity contribution in [2.24, 2.45) is 0 Å². The highest BCUT2D eigenvalue weighted by Crippen LogP contribution is 2.20. The van der Waals surface area contributed by atoms with Crippen LogP contribution in [0.25, 0.3) is 22.8 Å². The molecule has 8 heteroatoms. The van der Waals surface area contributed by atoms with Gasteiger partial charge >= 0.3 is 0 Å². The summed E-state index contributed by atoms with van der Waals surface area (Å²) >= 11 is 0. The third kappa shape index (κ3) is 4.01. The minimum atomic E-state index is -0.0598. The molecule has 4 rings (SSSR count). The second kappa shape index (κ2) is 7.91. The Labute approximate surface area is 160 Å². The summed E-state index contributed by atoms with van der Waals surface area (Å²) in [7, 11) is 1.72. The summed E-state index contributed by atoms with van der Waals surface area (Å²) in [6, 6.07) is 15.1. The van der Waals surface area contributed by atoms with Crippen molar-refractivity contribution in [1.29, 1.82) is 0 Å². The van der Waals surface area contributed by atoms with Gasteiger partial charge in [-0.3, -0.25) is 4.79 Å². The van der Waals surface area contributed by atoms with E-state index in [1.54, 1.807) is 24.1 Å². The largest absolute Gasteiger partial charge is 0.461 e. The summed E-state index contributed by atoms with van der Waals surface area (Å²) in [6.45, 7) is 0.333. The fourth-order valence-electron chi connectivity index (χ4n) is 2.72. The van der Waals surface area contributed by atoms with Gasteiger partial charge in [0.2, 0.25) is 17.6 Å². The standard InChI is InChI=1S/C20H18N4O4/c1-24(13-15-12-16(22-27-15)14-6-3-2-4-7-14)19(25)10-9-18-21-20(23-28-18)17-8-5-11-26-17/h2-8,11-12H,9-10,13H2,1H3. The molecular weight excluding hydrogens is 360 g/mol. The Balaban J connectivity index is 1.31. The lowest BCUT2D eigenvalue weighted by molar-refractivity contribution is -0.130. The van der Waals surface area contributed by atoms with Crippen molar-refractivity contribution in [2.75, 3.05) is 7.05 Å². The Morgan fingerprint density at radius 3 is 2.71 bits per heavy atom. The van der Waals surface area contributed by atoms with Crippen LogP contribution in [0.1, 0.15) is 18.1 Å². The fraction of sp³-hybridized carbons (Fsp3) is 0.200. The van der Waals surface area contributed by atoms with Crippen molar-refractivity contribution in [1.82, 2.24) is 20.2 Å². The van der Waals surface area contributed by atoms with E-state index < -0.39 is 0 Å². The molecule has 3 aromatic heterocycles. The van der Waals surface area contributed by atoms with Crippen molar-refractivity contribution in [3.63, 3.8) is 0 Å². The summed E-state index contributed by atoms with van der Waals surface area (Å²) < 4.78 is 15.7. The van der Waals surface area contributed by atoms with E-state index >= 15 is 0 Å². The second-order valence-corrected chi connectivity index (χ2v) is 6.28. The number of aryl methyl sites for hydroxylation is 1. The first-order valence-electron chi connectivity index (χ1n) is 8.80. The molecule has 0 N–H and O–H groups in total. The van der Waals surface area contributed by atoms with E-state index in [2.05, 4.69) is 15.3 Å². The van der Waals surface area contributed by atoms with Crippen molar-refractivity contribution in [2.45, 2.75) is 19.4 Å². The molecule has 4 aromatic rings. The fourth-order valence-corrected chi connectivity index (χ4v) is 2.72. The molecule has 0 aliphatic rings. The van der Waals surface area contributed by atoms with Crippen LogP contribution in [0.15, 0.2) is 68.3 Å². The molecule has 0 fully saturated rings. The predicted octanol–water partition coefficient (Wildman–Crippen LogP) is 3.58. The van der Waals surface area contributed by atoms with Crippen LogP contribution in [-0.2, 0) is 17.8 Å². The number of nitrogens with zero attached hydrogens (tertiary/aromatic N) is 4. The highest BCUT2D eigenvalue weighted by molar-refractivity contribution is 5.76. The van der Waals surface area contributed by atoms with Gasteiger partial charge in [0.15, 0.2) is 11.5 Å². The van der Waals surface area contributed by atoms with Crippen LogP contribution in [0.2, 0.25) is 0 Å². The molecule has 0 aliphatic heterocycles. The van der Waals surface area contributed by atoms with Crippen LogP contribution in [-0.4, -0.2) is 33.2 Å². The summed E-state index contributed by atoms with van der Waals surface area (Å²) in [6.07, 6.45) is 2.13. The molecule has 1 amide bonds. The number of rotatable bonds is 7. The lowest BCUT2D eigenvalue weighted by atomic mass is 10.1. The van der Waals surface area contributed by atoms with E-state index in [-0.39, 0.29) is 12.3 Å². The SMILES string of the molecule is CN(Cc1cc(-c2ccccc2)no1)C(=O)CCc1nc(-c2ccco2)no1. The van der Waals surface area contributed by atoms with Gasteiger partial charge in [0.25, 0.3) is 0 Å². The summed E-state index contributed by atoms with van der Waals surface area (Å²) in [5.41, 5.74) is 1.71. The van der Waals surface area contributed by atoms with Crippen LogP contribution in [0.4, 0.5) is 0 Å². The highest BCUT2D eigenvalue weighted by Gasteiger charge is 2.16. The van der Waals surface area contributed by atoms with Crippen molar-refractivity contribution in [3.05, 3.63) is 66.4 Å². The van der Waals surface area contributed by atoms with Gasteiger partial charge in [-0.1, -0.05) is 40.6 Å². The Hall–Kier alpha value is -3.68. The number of hydrogen-bond donors (Lipinski definition) is 0. The normalized spacial score (nSPS) is 10.9. The first kappa shape index (κ1) is 17.7. The third-order valence-corrected chi connectivity index (χ3v) is 4.21. The van der Waals surface area contributed by atoms with Gasteiger partial charge in [0.05, 0.1) is 12.8 Å².